The van der Waals surface area contributed by atoms with Crippen LogP contribution in [0.1, 0.15) is 20.8 Å². The Morgan fingerprint density at radius 3 is 2.79 bits per heavy atom. The van der Waals surface area contributed by atoms with E-state index in [1.807, 2.05) is 18.2 Å². The van der Waals surface area contributed by atoms with Crippen molar-refractivity contribution in [1.82, 2.24) is 10.2 Å². The largest absolute Gasteiger partial charge is 0.296 e. The lowest BCUT2D eigenvalue weighted by molar-refractivity contribution is 0.103. The first-order valence-corrected chi connectivity index (χ1v) is 11.6. The van der Waals surface area contributed by atoms with E-state index in [-0.39, 0.29) is 5.91 Å². The molecular weight excluding hydrogens is 453 g/mol. The summed E-state index contributed by atoms with van der Waals surface area (Å²) in [4.78, 5) is 13.1. The molecule has 2 heterocycles. The van der Waals surface area contributed by atoms with Crippen molar-refractivity contribution < 1.29 is 4.79 Å². The predicted molar refractivity (Wildman–Crippen MR) is 120 cm³/mol. The van der Waals surface area contributed by atoms with Gasteiger partial charge in [0.25, 0.3) is 5.91 Å². The highest BCUT2D eigenvalue weighted by Crippen LogP contribution is 2.37. The molecule has 0 fully saturated rings. The first kappa shape index (κ1) is 19.7. The van der Waals surface area contributed by atoms with Crippen molar-refractivity contribution in [2.45, 2.75) is 17.0 Å². The van der Waals surface area contributed by atoms with E-state index in [4.69, 9.17) is 23.2 Å². The van der Waals surface area contributed by atoms with Gasteiger partial charge in [-0.25, -0.2) is 0 Å². The van der Waals surface area contributed by atoms with Gasteiger partial charge in [0, 0.05) is 20.9 Å². The summed E-state index contributed by atoms with van der Waals surface area (Å²) in [7, 11) is 0. The minimum atomic E-state index is -0.297. The molecule has 0 spiro atoms. The minimum Gasteiger partial charge on any atom is -0.296 e. The topological polar surface area (TPSA) is 54.9 Å². The summed E-state index contributed by atoms with van der Waals surface area (Å²) in [5.74, 6) is 0.506. The van der Waals surface area contributed by atoms with Crippen LogP contribution >= 0.6 is 57.6 Å². The molecule has 2 aromatic heterocycles. The third-order valence-corrected chi connectivity index (χ3v) is 7.95. The summed E-state index contributed by atoms with van der Waals surface area (Å²) in [6, 6.07) is 13.6. The fourth-order valence-electron chi connectivity index (χ4n) is 2.57. The molecule has 28 heavy (non-hydrogen) atoms. The molecule has 0 atom stereocenters. The Labute approximate surface area is 183 Å². The van der Waals surface area contributed by atoms with Gasteiger partial charge >= 0.3 is 0 Å². The molecule has 4 aromatic rings. The fraction of sp³-hybridized carbons (Fsp3) is 0.105. The molecule has 2 aromatic carbocycles. The van der Waals surface area contributed by atoms with Crippen LogP contribution in [-0.2, 0) is 5.75 Å². The zero-order valence-corrected chi connectivity index (χ0v) is 18.5. The van der Waals surface area contributed by atoms with E-state index in [0.717, 1.165) is 20.2 Å². The fourth-order valence-corrected chi connectivity index (χ4v) is 6.08. The number of amides is 1. The summed E-state index contributed by atoms with van der Waals surface area (Å²) < 4.78 is 1.67. The second-order valence-electron chi connectivity index (χ2n) is 5.93. The number of hydrogen-bond donors (Lipinski definition) is 1. The van der Waals surface area contributed by atoms with Crippen LogP contribution in [0.15, 0.2) is 46.8 Å². The molecule has 142 valence electrons. The smallest absolute Gasteiger partial charge is 0.269 e. The molecule has 0 saturated heterocycles. The van der Waals surface area contributed by atoms with Gasteiger partial charge in [-0.2, -0.15) is 0 Å². The minimum absolute atomic E-state index is 0.297. The van der Waals surface area contributed by atoms with E-state index in [9.17, 15) is 4.79 Å². The number of nitrogens with zero attached hydrogens (tertiary/aromatic N) is 2. The second-order valence-corrected chi connectivity index (χ2v) is 9.99. The van der Waals surface area contributed by atoms with Crippen LogP contribution in [0.25, 0.3) is 10.1 Å². The van der Waals surface area contributed by atoms with E-state index in [1.165, 1.54) is 33.8 Å². The number of halogens is 2. The molecule has 0 bridgehead atoms. The van der Waals surface area contributed by atoms with Crippen molar-refractivity contribution in [3.8, 4) is 0 Å². The van der Waals surface area contributed by atoms with E-state index in [0.29, 0.717) is 20.1 Å². The number of thioether (sulfide) groups is 1. The highest BCUT2D eigenvalue weighted by Gasteiger charge is 2.19. The van der Waals surface area contributed by atoms with Crippen LogP contribution in [0.2, 0.25) is 10.0 Å². The Morgan fingerprint density at radius 1 is 1.14 bits per heavy atom. The molecule has 0 radical (unpaired) electrons. The van der Waals surface area contributed by atoms with Crippen molar-refractivity contribution in [2.24, 2.45) is 0 Å². The first-order chi connectivity index (χ1) is 13.5. The van der Waals surface area contributed by atoms with Gasteiger partial charge in [0.2, 0.25) is 5.13 Å². The number of aryl methyl sites for hydroxylation is 1. The molecule has 0 aliphatic heterocycles. The maximum atomic E-state index is 12.6. The number of carbonyl (C=O) groups excluding carboxylic acids is 1. The van der Waals surface area contributed by atoms with Gasteiger partial charge in [-0.1, -0.05) is 76.6 Å². The molecular formula is C19H13Cl2N3OS3. The summed E-state index contributed by atoms with van der Waals surface area (Å²) in [6.07, 6.45) is 0. The van der Waals surface area contributed by atoms with Crippen molar-refractivity contribution in [3.05, 3.63) is 68.5 Å². The van der Waals surface area contributed by atoms with Crippen molar-refractivity contribution in [2.75, 3.05) is 5.32 Å². The van der Waals surface area contributed by atoms with Gasteiger partial charge in [-0.15, -0.1) is 21.5 Å². The Morgan fingerprint density at radius 2 is 1.96 bits per heavy atom. The van der Waals surface area contributed by atoms with Crippen LogP contribution in [0.5, 0.6) is 0 Å². The summed E-state index contributed by atoms with van der Waals surface area (Å²) in [6.45, 7) is 2.09. The zero-order valence-electron chi connectivity index (χ0n) is 14.5. The van der Waals surface area contributed by atoms with Crippen molar-refractivity contribution in [1.29, 1.82) is 0 Å². The van der Waals surface area contributed by atoms with Crippen molar-refractivity contribution >= 4 is 78.8 Å². The van der Waals surface area contributed by atoms with Gasteiger partial charge in [0.1, 0.15) is 4.88 Å². The molecule has 1 N–H and O–H groups in total. The van der Waals surface area contributed by atoms with Crippen LogP contribution < -0.4 is 5.32 Å². The lowest BCUT2D eigenvalue weighted by atomic mass is 10.1. The SMILES string of the molecule is Cc1ccccc1CSc1nnc(NC(=O)c2sc3cc(Cl)ccc3c2Cl)s1. The summed E-state index contributed by atoms with van der Waals surface area (Å²) >= 11 is 16.6. The standard InChI is InChI=1S/C19H13Cl2N3OS3/c1-10-4-2-3-5-11(10)9-26-19-24-23-18(28-19)22-17(25)16-15(21)13-7-6-12(20)8-14(13)27-16/h2-8H,9H2,1H3,(H,22,23,25). The average molecular weight is 466 g/mol. The van der Waals surface area contributed by atoms with Gasteiger partial charge in [-0.3, -0.25) is 10.1 Å². The Balaban J connectivity index is 1.46. The Hall–Kier alpha value is -1.64. The van der Waals surface area contributed by atoms with E-state index in [1.54, 1.807) is 23.9 Å². The number of fused-ring (bicyclic) bond motifs is 1. The van der Waals surface area contributed by atoms with Gasteiger partial charge in [0.15, 0.2) is 4.34 Å². The quantitative estimate of drug-likeness (QED) is 0.256. The predicted octanol–water partition coefficient (Wildman–Crippen LogP) is 6.91. The normalized spacial score (nSPS) is 11.1. The molecule has 9 heteroatoms. The summed E-state index contributed by atoms with van der Waals surface area (Å²) in [5, 5.41) is 13.3. The maximum Gasteiger partial charge on any atom is 0.269 e. The highest BCUT2D eigenvalue weighted by atomic mass is 35.5. The highest BCUT2D eigenvalue weighted by molar-refractivity contribution is 8.00. The third kappa shape index (κ3) is 4.18. The molecule has 4 nitrogen and oxygen atoms in total. The van der Waals surface area contributed by atoms with E-state index >= 15 is 0 Å². The number of anilines is 1. The summed E-state index contributed by atoms with van der Waals surface area (Å²) in [5.41, 5.74) is 2.50. The lowest BCUT2D eigenvalue weighted by Crippen LogP contribution is -2.10. The van der Waals surface area contributed by atoms with Gasteiger partial charge in [0.05, 0.1) is 5.02 Å². The van der Waals surface area contributed by atoms with Gasteiger partial charge in [-0.05, 0) is 30.2 Å². The van der Waals surface area contributed by atoms with Crippen LogP contribution in [0.3, 0.4) is 0 Å². The number of carbonyl (C=O) groups is 1. The number of nitrogens with one attached hydrogen (secondary N) is 1. The lowest BCUT2D eigenvalue weighted by Gasteiger charge is -2.02. The molecule has 0 aliphatic rings. The second kappa shape index (κ2) is 8.39. The maximum absolute atomic E-state index is 12.6. The van der Waals surface area contributed by atoms with Crippen LogP contribution in [0.4, 0.5) is 5.13 Å². The van der Waals surface area contributed by atoms with E-state index < -0.39 is 0 Å². The zero-order chi connectivity index (χ0) is 19.7. The van der Waals surface area contributed by atoms with Gasteiger partial charge < -0.3 is 0 Å². The Kier molecular flexibility index (Phi) is 5.89. The first-order valence-electron chi connectivity index (χ1n) is 8.21. The number of aromatic nitrogens is 2. The molecule has 4 rings (SSSR count). The van der Waals surface area contributed by atoms with Crippen molar-refractivity contribution in [3.63, 3.8) is 0 Å². The average Bonchev–Trinajstić information content (AvgIpc) is 3.25. The molecule has 1 amide bonds. The molecule has 0 unspecified atom stereocenters. The van der Waals surface area contributed by atoms with E-state index in [2.05, 4.69) is 34.6 Å². The molecule has 0 saturated carbocycles. The number of benzene rings is 2. The molecule has 0 aliphatic carbocycles. The Bertz CT molecular complexity index is 1170. The monoisotopic (exact) mass is 465 g/mol. The van der Waals surface area contributed by atoms with Crippen LogP contribution in [-0.4, -0.2) is 16.1 Å². The number of thiophene rings is 1. The van der Waals surface area contributed by atoms with Crippen LogP contribution in [0, 0.1) is 6.92 Å². The third-order valence-electron chi connectivity index (χ3n) is 4.04. The number of hydrogen-bond acceptors (Lipinski definition) is 6. The number of rotatable bonds is 5.